The summed E-state index contributed by atoms with van der Waals surface area (Å²) >= 11 is 1.69. The fraction of sp³-hybridized carbons (Fsp3) is 0.700. The van der Waals surface area contributed by atoms with Crippen molar-refractivity contribution in [2.45, 2.75) is 38.4 Å². The summed E-state index contributed by atoms with van der Waals surface area (Å²) in [6.07, 6.45) is 2.02. The van der Waals surface area contributed by atoms with Gasteiger partial charge in [-0.05, 0) is 13.2 Å². The minimum atomic E-state index is -0.356. The zero-order valence-electron chi connectivity index (χ0n) is 9.30. The highest BCUT2D eigenvalue weighted by Crippen LogP contribution is 2.32. The quantitative estimate of drug-likeness (QED) is 0.825. The monoisotopic (exact) mass is 215 g/mol. The van der Waals surface area contributed by atoms with Crippen molar-refractivity contribution in [2.24, 2.45) is 0 Å². The zero-order chi connectivity index (χ0) is 10.9. The van der Waals surface area contributed by atoms with E-state index in [4.69, 9.17) is 4.42 Å². The molecular formula is C10H17NO2S. The molecule has 1 aromatic heterocycles. The summed E-state index contributed by atoms with van der Waals surface area (Å²) in [5.41, 5.74) is 0.786. The number of aromatic nitrogens is 1. The van der Waals surface area contributed by atoms with Crippen molar-refractivity contribution in [2.75, 3.05) is 6.26 Å². The van der Waals surface area contributed by atoms with Crippen molar-refractivity contribution >= 4 is 11.8 Å². The Kier molecular flexibility index (Phi) is 3.14. The highest BCUT2D eigenvalue weighted by atomic mass is 32.2. The van der Waals surface area contributed by atoms with E-state index in [9.17, 15) is 4.79 Å². The van der Waals surface area contributed by atoms with E-state index in [-0.39, 0.29) is 16.4 Å². The van der Waals surface area contributed by atoms with Gasteiger partial charge in [-0.15, -0.1) is 0 Å². The first kappa shape index (κ1) is 11.4. The van der Waals surface area contributed by atoms with Crippen molar-refractivity contribution in [1.29, 1.82) is 0 Å². The van der Waals surface area contributed by atoms with Gasteiger partial charge in [-0.1, -0.05) is 20.8 Å². The third-order valence-electron chi connectivity index (χ3n) is 2.12. The fourth-order valence-electron chi connectivity index (χ4n) is 1.30. The minimum Gasteiger partial charge on any atom is -0.412 e. The average molecular weight is 215 g/mol. The van der Waals surface area contributed by atoms with Gasteiger partial charge in [-0.25, -0.2) is 4.79 Å². The van der Waals surface area contributed by atoms with E-state index in [1.807, 2.05) is 27.0 Å². The lowest BCUT2D eigenvalue weighted by molar-refractivity contribution is 0.385. The van der Waals surface area contributed by atoms with Crippen LogP contribution in [0.3, 0.4) is 0 Å². The molecule has 0 aliphatic heterocycles. The van der Waals surface area contributed by atoms with Gasteiger partial charge in [-0.2, -0.15) is 11.8 Å². The molecular weight excluding hydrogens is 198 g/mol. The smallest absolute Gasteiger partial charge is 0.412 e. The second-order valence-electron chi connectivity index (χ2n) is 4.39. The second kappa shape index (κ2) is 3.85. The van der Waals surface area contributed by atoms with Crippen LogP contribution in [0.1, 0.15) is 44.4 Å². The summed E-state index contributed by atoms with van der Waals surface area (Å²) < 4.78 is 5.18. The Balaban J connectivity index is 3.23. The molecule has 3 nitrogen and oxygen atoms in total. The van der Waals surface area contributed by atoms with Crippen LogP contribution in [0, 0.1) is 0 Å². The molecule has 0 bridgehead atoms. The Hall–Kier alpha value is -0.640. The molecule has 0 amide bonds. The number of H-pyrrole nitrogens is 1. The van der Waals surface area contributed by atoms with Crippen LogP contribution in [0.2, 0.25) is 0 Å². The summed E-state index contributed by atoms with van der Waals surface area (Å²) in [5, 5.41) is 0.260. The summed E-state index contributed by atoms with van der Waals surface area (Å²) in [6, 6.07) is 0. The molecule has 0 aliphatic rings. The maximum absolute atomic E-state index is 11.1. The van der Waals surface area contributed by atoms with E-state index in [1.165, 1.54) is 0 Å². The van der Waals surface area contributed by atoms with Crippen LogP contribution in [-0.4, -0.2) is 11.2 Å². The van der Waals surface area contributed by atoms with Crippen molar-refractivity contribution in [3.05, 3.63) is 22.0 Å². The molecule has 1 heterocycles. The van der Waals surface area contributed by atoms with E-state index < -0.39 is 0 Å². The molecule has 0 spiro atoms. The predicted octanol–water partition coefficient (Wildman–Crippen LogP) is 2.69. The molecule has 0 saturated heterocycles. The van der Waals surface area contributed by atoms with Gasteiger partial charge in [0.05, 0.1) is 5.69 Å². The second-order valence-corrected chi connectivity index (χ2v) is 5.56. The lowest BCUT2D eigenvalue weighted by Gasteiger charge is -2.18. The first-order chi connectivity index (χ1) is 6.36. The van der Waals surface area contributed by atoms with Crippen molar-refractivity contribution in [3.8, 4) is 0 Å². The standard InChI is InChI=1S/C10H17NO2S/c1-6(14-5)7-8(10(2,3)4)13-9(12)11-7/h6H,1-5H3,(H,11,12). The van der Waals surface area contributed by atoms with Gasteiger partial charge in [-0.3, -0.25) is 4.98 Å². The molecule has 0 aromatic carbocycles. The summed E-state index contributed by atoms with van der Waals surface area (Å²) in [6.45, 7) is 8.17. The van der Waals surface area contributed by atoms with Gasteiger partial charge < -0.3 is 4.42 Å². The lowest BCUT2D eigenvalue weighted by atomic mass is 9.91. The van der Waals surface area contributed by atoms with E-state index in [0.29, 0.717) is 0 Å². The Bertz CT molecular complexity index is 359. The number of oxazole rings is 1. The van der Waals surface area contributed by atoms with Gasteiger partial charge in [0.15, 0.2) is 0 Å². The van der Waals surface area contributed by atoms with Gasteiger partial charge in [0, 0.05) is 10.7 Å². The molecule has 1 N–H and O–H groups in total. The normalized spacial score (nSPS) is 14.4. The number of rotatable bonds is 2. The lowest BCUT2D eigenvalue weighted by Crippen LogP contribution is -2.13. The van der Waals surface area contributed by atoms with Crippen LogP contribution < -0.4 is 5.76 Å². The molecule has 1 aromatic rings. The molecule has 0 saturated carbocycles. The Morgan fingerprint density at radius 3 is 2.43 bits per heavy atom. The molecule has 4 heteroatoms. The molecule has 0 aliphatic carbocycles. The molecule has 1 unspecified atom stereocenters. The summed E-state index contributed by atoms with van der Waals surface area (Å²) in [7, 11) is 0. The third-order valence-corrected chi connectivity index (χ3v) is 3.06. The largest absolute Gasteiger partial charge is 0.416 e. The molecule has 1 rings (SSSR count). The SMILES string of the molecule is CSC(C)c1[nH]c(=O)oc1C(C)(C)C. The Labute approximate surface area is 88.3 Å². The van der Waals surface area contributed by atoms with E-state index in [1.54, 1.807) is 11.8 Å². The highest BCUT2D eigenvalue weighted by molar-refractivity contribution is 7.98. The summed E-state index contributed by atoms with van der Waals surface area (Å²) in [4.78, 5) is 13.9. The highest BCUT2D eigenvalue weighted by Gasteiger charge is 2.26. The Morgan fingerprint density at radius 2 is 2.00 bits per heavy atom. The van der Waals surface area contributed by atoms with Gasteiger partial charge in [0.1, 0.15) is 5.76 Å². The van der Waals surface area contributed by atoms with Crippen LogP contribution in [0.4, 0.5) is 0 Å². The van der Waals surface area contributed by atoms with Gasteiger partial charge in [0.25, 0.3) is 0 Å². The third kappa shape index (κ3) is 2.23. The summed E-state index contributed by atoms with van der Waals surface area (Å²) in [5.74, 6) is 0.412. The first-order valence-electron chi connectivity index (χ1n) is 4.62. The van der Waals surface area contributed by atoms with Crippen LogP contribution in [0.15, 0.2) is 9.21 Å². The molecule has 14 heavy (non-hydrogen) atoms. The molecule has 0 radical (unpaired) electrons. The maximum atomic E-state index is 11.1. The van der Waals surface area contributed by atoms with E-state index >= 15 is 0 Å². The average Bonchev–Trinajstić information content (AvgIpc) is 2.45. The number of thioether (sulfide) groups is 1. The van der Waals surface area contributed by atoms with Crippen molar-refractivity contribution < 1.29 is 4.42 Å². The van der Waals surface area contributed by atoms with Crippen LogP contribution >= 0.6 is 11.8 Å². The Morgan fingerprint density at radius 1 is 1.43 bits per heavy atom. The van der Waals surface area contributed by atoms with Crippen LogP contribution in [0.25, 0.3) is 0 Å². The van der Waals surface area contributed by atoms with Crippen molar-refractivity contribution in [1.82, 2.24) is 4.98 Å². The molecule has 0 fully saturated rings. The number of aromatic amines is 1. The van der Waals surface area contributed by atoms with Crippen LogP contribution in [0.5, 0.6) is 0 Å². The number of hydrogen-bond acceptors (Lipinski definition) is 3. The van der Waals surface area contributed by atoms with Gasteiger partial charge >= 0.3 is 5.76 Å². The number of nitrogens with one attached hydrogen (secondary N) is 1. The molecule has 80 valence electrons. The van der Waals surface area contributed by atoms with E-state index in [0.717, 1.165) is 11.5 Å². The zero-order valence-corrected chi connectivity index (χ0v) is 10.1. The first-order valence-corrected chi connectivity index (χ1v) is 5.91. The van der Waals surface area contributed by atoms with Crippen molar-refractivity contribution in [3.63, 3.8) is 0 Å². The maximum Gasteiger partial charge on any atom is 0.416 e. The predicted molar refractivity (Wildman–Crippen MR) is 60.0 cm³/mol. The number of hydrogen-bond donors (Lipinski definition) is 1. The van der Waals surface area contributed by atoms with E-state index in [2.05, 4.69) is 11.9 Å². The topological polar surface area (TPSA) is 46.0 Å². The fourth-order valence-corrected chi connectivity index (χ4v) is 1.70. The molecule has 1 atom stereocenters. The minimum absolute atomic E-state index is 0.127. The van der Waals surface area contributed by atoms with Gasteiger partial charge in [0.2, 0.25) is 0 Å². The van der Waals surface area contributed by atoms with Crippen LogP contribution in [-0.2, 0) is 5.41 Å².